The fourth-order valence-electron chi connectivity index (χ4n) is 3.30. The van der Waals surface area contributed by atoms with Gasteiger partial charge >= 0.3 is 6.03 Å². The number of fused-ring (bicyclic) bond motifs is 1. The quantitative estimate of drug-likeness (QED) is 0.557. The molecule has 0 bridgehead atoms. The number of urea groups is 1. The first-order valence-corrected chi connectivity index (χ1v) is 9.11. The number of carbonyl (C=O) groups excluding carboxylic acids is 4. The molecule has 5 amide bonds. The Bertz CT molecular complexity index is 1150. The van der Waals surface area contributed by atoms with Crippen LogP contribution in [0.3, 0.4) is 0 Å². The number of nitrogens with two attached hydrogens (primary N) is 1. The minimum Gasteiger partial charge on any atom is -0.458 e. The summed E-state index contributed by atoms with van der Waals surface area (Å²) in [5, 5.41) is 5.98. The van der Waals surface area contributed by atoms with E-state index in [1.165, 1.54) is 31.2 Å². The van der Waals surface area contributed by atoms with Crippen molar-refractivity contribution in [3.8, 4) is 0 Å². The van der Waals surface area contributed by atoms with Crippen LogP contribution in [0.1, 0.15) is 23.0 Å². The molecule has 4 N–H and O–H groups in total. The summed E-state index contributed by atoms with van der Waals surface area (Å²) in [5.41, 5.74) is 5.05. The largest absolute Gasteiger partial charge is 0.458 e. The van der Waals surface area contributed by atoms with Crippen molar-refractivity contribution in [2.45, 2.75) is 12.5 Å². The highest BCUT2D eigenvalue weighted by atomic mass is 16.3. The zero-order valence-corrected chi connectivity index (χ0v) is 16.0. The van der Waals surface area contributed by atoms with Gasteiger partial charge in [-0.05, 0) is 43.3 Å². The van der Waals surface area contributed by atoms with Crippen molar-refractivity contribution in [3.05, 3.63) is 65.9 Å². The standard InChI is InChI=1S/C21H18N4O5/c1-21(16-10-13-4-2-3-5-15(13)30-16)19(28)25(20(29)24-21)11-17(26)23-14-8-6-12(7-9-14)18(22)27/h2-10H,11H2,1H3,(H2,22,27)(H,23,26)(H,24,29). The Morgan fingerprint density at radius 2 is 1.83 bits per heavy atom. The van der Waals surface area contributed by atoms with E-state index < -0.39 is 35.8 Å². The molecule has 9 nitrogen and oxygen atoms in total. The van der Waals surface area contributed by atoms with Crippen LogP contribution < -0.4 is 16.4 Å². The summed E-state index contributed by atoms with van der Waals surface area (Å²) in [7, 11) is 0. The predicted octanol–water partition coefficient (Wildman–Crippen LogP) is 1.94. The zero-order chi connectivity index (χ0) is 21.5. The molecule has 0 radical (unpaired) electrons. The van der Waals surface area contributed by atoms with Crippen LogP contribution in [0.4, 0.5) is 10.5 Å². The van der Waals surface area contributed by atoms with Crippen molar-refractivity contribution in [1.29, 1.82) is 0 Å². The Labute approximate surface area is 170 Å². The fraction of sp³-hybridized carbons (Fsp3) is 0.143. The Morgan fingerprint density at radius 3 is 2.50 bits per heavy atom. The Kier molecular flexibility index (Phi) is 4.50. The summed E-state index contributed by atoms with van der Waals surface area (Å²) in [5.74, 6) is -1.46. The van der Waals surface area contributed by atoms with Crippen molar-refractivity contribution in [1.82, 2.24) is 10.2 Å². The van der Waals surface area contributed by atoms with Crippen LogP contribution >= 0.6 is 0 Å². The predicted molar refractivity (Wildman–Crippen MR) is 107 cm³/mol. The second-order valence-electron chi connectivity index (χ2n) is 7.08. The lowest BCUT2D eigenvalue weighted by Gasteiger charge is -2.18. The van der Waals surface area contributed by atoms with Crippen molar-refractivity contribution in [2.24, 2.45) is 5.73 Å². The number of nitrogens with one attached hydrogen (secondary N) is 2. The van der Waals surface area contributed by atoms with E-state index in [-0.39, 0.29) is 5.76 Å². The van der Waals surface area contributed by atoms with Gasteiger partial charge in [0.2, 0.25) is 11.8 Å². The number of nitrogens with zero attached hydrogens (tertiary/aromatic N) is 1. The summed E-state index contributed by atoms with van der Waals surface area (Å²) < 4.78 is 5.75. The Hall–Kier alpha value is -4.14. The highest BCUT2D eigenvalue weighted by Crippen LogP contribution is 2.32. The third-order valence-corrected chi connectivity index (χ3v) is 4.95. The van der Waals surface area contributed by atoms with Gasteiger partial charge in [0.05, 0.1) is 0 Å². The fourth-order valence-corrected chi connectivity index (χ4v) is 3.30. The molecule has 1 aliphatic heterocycles. The number of carbonyl (C=O) groups is 4. The first kappa shape index (κ1) is 19.2. The van der Waals surface area contributed by atoms with Gasteiger partial charge in [0, 0.05) is 16.6 Å². The molecule has 0 spiro atoms. The molecule has 1 saturated heterocycles. The Morgan fingerprint density at radius 1 is 1.13 bits per heavy atom. The maximum atomic E-state index is 13.0. The van der Waals surface area contributed by atoms with Crippen LogP contribution in [0.15, 0.2) is 59.0 Å². The monoisotopic (exact) mass is 406 g/mol. The summed E-state index contributed by atoms with van der Waals surface area (Å²) in [6, 6.07) is 14.2. The number of imide groups is 1. The number of amides is 5. The number of para-hydroxylation sites is 1. The van der Waals surface area contributed by atoms with Gasteiger partial charge in [0.25, 0.3) is 5.91 Å². The van der Waals surface area contributed by atoms with Crippen molar-refractivity contribution < 1.29 is 23.6 Å². The number of hydrogen-bond donors (Lipinski definition) is 3. The third kappa shape index (κ3) is 3.26. The highest BCUT2D eigenvalue weighted by Gasteiger charge is 2.51. The maximum absolute atomic E-state index is 13.0. The summed E-state index contributed by atoms with van der Waals surface area (Å²) in [4.78, 5) is 49.7. The van der Waals surface area contributed by atoms with Crippen LogP contribution in [0, 0.1) is 0 Å². The summed E-state index contributed by atoms with van der Waals surface area (Å²) >= 11 is 0. The van der Waals surface area contributed by atoms with Crippen LogP contribution in [-0.2, 0) is 15.1 Å². The number of hydrogen-bond acceptors (Lipinski definition) is 5. The number of primary amides is 1. The highest BCUT2D eigenvalue weighted by molar-refractivity contribution is 6.10. The van der Waals surface area contributed by atoms with Gasteiger partial charge in [-0.1, -0.05) is 18.2 Å². The third-order valence-electron chi connectivity index (χ3n) is 4.95. The zero-order valence-electron chi connectivity index (χ0n) is 16.0. The number of furan rings is 1. The topological polar surface area (TPSA) is 135 Å². The van der Waals surface area contributed by atoms with Gasteiger partial charge in [-0.3, -0.25) is 19.3 Å². The van der Waals surface area contributed by atoms with E-state index in [1.807, 2.05) is 12.1 Å². The van der Waals surface area contributed by atoms with Gasteiger partial charge in [-0.15, -0.1) is 0 Å². The Balaban J connectivity index is 1.49. The molecule has 2 heterocycles. The number of benzene rings is 2. The van der Waals surface area contributed by atoms with E-state index in [4.69, 9.17) is 10.2 Å². The molecule has 4 rings (SSSR count). The van der Waals surface area contributed by atoms with E-state index in [0.29, 0.717) is 16.8 Å². The molecule has 1 atom stereocenters. The average molecular weight is 406 g/mol. The van der Waals surface area contributed by atoms with E-state index in [0.717, 1.165) is 10.3 Å². The molecule has 1 aliphatic rings. The normalized spacial score (nSPS) is 18.5. The average Bonchev–Trinajstić information content (AvgIpc) is 3.24. The lowest BCUT2D eigenvalue weighted by Crippen LogP contribution is -2.41. The smallest absolute Gasteiger partial charge is 0.325 e. The molecule has 0 saturated carbocycles. The lowest BCUT2D eigenvalue weighted by atomic mass is 9.99. The molecule has 30 heavy (non-hydrogen) atoms. The van der Waals surface area contributed by atoms with Gasteiger partial charge < -0.3 is 20.8 Å². The maximum Gasteiger partial charge on any atom is 0.325 e. The molecule has 152 valence electrons. The van der Waals surface area contributed by atoms with E-state index in [9.17, 15) is 19.2 Å². The van der Waals surface area contributed by atoms with Crippen molar-refractivity contribution >= 4 is 40.4 Å². The van der Waals surface area contributed by atoms with E-state index in [1.54, 1.807) is 18.2 Å². The molecule has 1 fully saturated rings. The minimum absolute atomic E-state index is 0.284. The van der Waals surface area contributed by atoms with Gasteiger partial charge in [0.1, 0.15) is 17.9 Å². The SMILES string of the molecule is CC1(c2cc3ccccc3o2)NC(=O)N(CC(=O)Nc2ccc(C(N)=O)cc2)C1=O. The molecule has 1 unspecified atom stereocenters. The van der Waals surface area contributed by atoms with E-state index >= 15 is 0 Å². The van der Waals surface area contributed by atoms with E-state index in [2.05, 4.69) is 10.6 Å². The van der Waals surface area contributed by atoms with Crippen LogP contribution in [0.25, 0.3) is 11.0 Å². The number of anilines is 1. The molecule has 0 aliphatic carbocycles. The van der Waals surface area contributed by atoms with Gasteiger partial charge in [-0.25, -0.2) is 4.79 Å². The first-order valence-electron chi connectivity index (χ1n) is 9.11. The molecular formula is C21H18N4O5. The van der Waals surface area contributed by atoms with Gasteiger partial charge in [-0.2, -0.15) is 0 Å². The summed E-state index contributed by atoms with van der Waals surface area (Å²) in [6.07, 6.45) is 0. The molecule has 9 heteroatoms. The first-order chi connectivity index (χ1) is 14.3. The molecule has 2 aromatic carbocycles. The summed E-state index contributed by atoms with van der Waals surface area (Å²) in [6.45, 7) is 1.06. The molecule has 1 aromatic heterocycles. The second kappa shape index (κ2) is 7.03. The van der Waals surface area contributed by atoms with Crippen LogP contribution in [0.5, 0.6) is 0 Å². The second-order valence-corrected chi connectivity index (χ2v) is 7.08. The van der Waals surface area contributed by atoms with Crippen molar-refractivity contribution in [3.63, 3.8) is 0 Å². The van der Waals surface area contributed by atoms with Crippen LogP contribution in [0.2, 0.25) is 0 Å². The van der Waals surface area contributed by atoms with Crippen molar-refractivity contribution in [2.75, 3.05) is 11.9 Å². The lowest BCUT2D eigenvalue weighted by molar-refractivity contribution is -0.134. The number of rotatable bonds is 5. The van der Waals surface area contributed by atoms with Crippen LogP contribution in [-0.4, -0.2) is 35.2 Å². The minimum atomic E-state index is -1.42. The molecular weight excluding hydrogens is 388 g/mol. The van der Waals surface area contributed by atoms with Gasteiger partial charge in [0.15, 0.2) is 5.54 Å². The molecule has 3 aromatic rings.